The first kappa shape index (κ1) is 13.9. The zero-order chi connectivity index (χ0) is 13.8. The quantitative estimate of drug-likeness (QED) is 0.584. The predicted molar refractivity (Wildman–Crippen MR) is 78.8 cm³/mol. The molecule has 0 radical (unpaired) electrons. The summed E-state index contributed by atoms with van der Waals surface area (Å²) in [6.07, 6.45) is 1.59. The molecule has 0 aliphatic rings. The number of anilines is 3. The van der Waals surface area contributed by atoms with Gasteiger partial charge >= 0.3 is 0 Å². The Hall–Kier alpha value is -1.57. The maximum absolute atomic E-state index is 5.96. The van der Waals surface area contributed by atoms with Crippen LogP contribution in [0, 0.1) is 0 Å². The molecule has 0 amide bonds. The molecule has 1 aromatic carbocycles. The summed E-state index contributed by atoms with van der Waals surface area (Å²) in [4.78, 5) is 8.15. The standard InChI is InChI=1S/C11H11BrClN5O/c1-19-9-4-6(2-3-8(9)13)16-10-7(12)5-15-11(17-10)18-14/h2-5H,14H2,1H3,(H2,15,16,17,18). The van der Waals surface area contributed by atoms with Gasteiger partial charge in [0.25, 0.3) is 0 Å². The Morgan fingerprint density at radius 1 is 1.42 bits per heavy atom. The van der Waals surface area contributed by atoms with E-state index in [1.807, 2.05) is 6.07 Å². The number of methoxy groups -OCH3 is 1. The van der Waals surface area contributed by atoms with Crippen LogP contribution in [-0.2, 0) is 0 Å². The van der Waals surface area contributed by atoms with Crippen molar-refractivity contribution in [1.29, 1.82) is 0 Å². The summed E-state index contributed by atoms with van der Waals surface area (Å²) < 4.78 is 5.86. The van der Waals surface area contributed by atoms with Crippen molar-refractivity contribution >= 4 is 45.0 Å². The van der Waals surface area contributed by atoms with Gasteiger partial charge < -0.3 is 10.1 Å². The number of hydrogen-bond donors (Lipinski definition) is 3. The molecule has 100 valence electrons. The van der Waals surface area contributed by atoms with Crippen molar-refractivity contribution in [2.75, 3.05) is 17.9 Å². The summed E-state index contributed by atoms with van der Waals surface area (Å²) in [6.45, 7) is 0. The summed E-state index contributed by atoms with van der Waals surface area (Å²) in [6, 6.07) is 5.32. The Kier molecular flexibility index (Phi) is 4.41. The normalized spacial score (nSPS) is 10.1. The van der Waals surface area contributed by atoms with Crippen molar-refractivity contribution in [2.24, 2.45) is 5.84 Å². The van der Waals surface area contributed by atoms with Crippen LogP contribution in [0.4, 0.5) is 17.5 Å². The van der Waals surface area contributed by atoms with Gasteiger partial charge in [-0.3, -0.25) is 5.43 Å². The Morgan fingerprint density at radius 2 is 2.21 bits per heavy atom. The van der Waals surface area contributed by atoms with Crippen molar-refractivity contribution in [3.63, 3.8) is 0 Å². The zero-order valence-corrected chi connectivity index (χ0v) is 12.3. The second kappa shape index (κ2) is 6.05. The predicted octanol–water partition coefficient (Wildman–Crippen LogP) is 2.93. The fourth-order valence-corrected chi connectivity index (χ4v) is 1.88. The lowest BCUT2D eigenvalue weighted by Gasteiger charge is -2.10. The highest BCUT2D eigenvalue weighted by atomic mass is 79.9. The molecule has 0 bridgehead atoms. The van der Waals surface area contributed by atoms with Crippen LogP contribution in [0.5, 0.6) is 5.75 Å². The highest BCUT2D eigenvalue weighted by Gasteiger charge is 2.07. The monoisotopic (exact) mass is 343 g/mol. The van der Waals surface area contributed by atoms with Gasteiger partial charge in [0, 0.05) is 18.0 Å². The molecule has 0 aliphatic heterocycles. The smallest absolute Gasteiger partial charge is 0.239 e. The van der Waals surface area contributed by atoms with Crippen LogP contribution < -0.4 is 21.3 Å². The summed E-state index contributed by atoms with van der Waals surface area (Å²) in [7, 11) is 1.56. The number of nitrogens with two attached hydrogens (primary N) is 1. The fourth-order valence-electron chi connectivity index (χ4n) is 1.40. The third kappa shape index (κ3) is 3.25. The summed E-state index contributed by atoms with van der Waals surface area (Å²) >= 11 is 9.32. The van der Waals surface area contributed by atoms with E-state index in [1.165, 1.54) is 0 Å². The van der Waals surface area contributed by atoms with Gasteiger partial charge in [-0.1, -0.05) is 11.6 Å². The molecule has 0 unspecified atom stereocenters. The van der Waals surface area contributed by atoms with Crippen molar-refractivity contribution in [3.05, 3.63) is 33.9 Å². The molecule has 6 nitrogen and oxygen atoms in total. The number of nitrogens with one attached hydrogen (secondary N) is 2. The summed E-state index contributed by atoms with van der Waals surface area (Å²) in [5, 5.41) is 3.66. The SMILES string of the molecule is COc1cc(Nc2nc(NN)ncc2Br)ccc1Cl. The molecule has 0 fully saturated rings. The lowest BCUT2D eigenvalue weighted by atomic mass is 10.3. The van der Waals surface area contributed by atoms with Gasteiger partial charge in [0.1, 0.15) is 11.6 Å². The van der Waals surface area contributed by atoms with E-state index in [0.29, 0.717) is 27.0 Å². The van der Waals surface area contributed by atoms with E-state index >= 15 is 0 Å². The minimum Gasteiger partial charge on any atom is -0.495 e. The molecular formula is C11H11BrClN5O. The second-order valence-corrected chi connectivity index (χ2v) is 4.77. The van der Waals surface area contributed by atoms with Gasteiger partial charge in [-0.05, 0) is 28.1 Å². The highest BCUT2D eigenvalue weighted by molar-refractivity contribution is 9.10. The first-order valence-corrected chi connectivity index (χ1v) is 6.41. The molecule has 1 heterocycles. The Morgan fingerprint density at radius 3 is 2.89 bits per heavy atom. The summed E-state index contributed by atoms with van der Waals surface area (Å²) in [5.74, 6) is 6.74. The third-order valence-electron chi connectivity index (χ3n) is 2.29. The molecule has 1 aromatic heterocycles. The fraction of sp³-hybridized carbons (Fsp3) is 0.0909. The van der Waals surface area contributed by atoms with Crippen LogP contribution in [0.1, 0.15) is 0 Å². The second-order valence-electron chi connectivity index (χ2n) is 3.51. The first-order valence-electron chi connectivity index (χ1n) is 5.23. The maximum atomic E-state index is 5.96. The van der Waals surface area contributed by atoms with Gasteiger partial charge in [-0.2, -0.15) is 4.98 Å². The number of nitrogens with zero attached hydrogens (tertiary/aromatic N) is 2. The van der Waals surface area contributed by atoms with Gasteiger partial charge in [0.2, 0.25) is 5.95 Å². The van der Waals surface area contributed by atoms with E-state index in [1.54, 1.807) is 25.4 Å². The van der Waals surface area contributed by atoms with Crippen LogP contribution >= 0.6 is 27.5 Å². The minimum atomic E-state index is 0.312. The average molecular weight is 345 g/mol. The number of halogens is 2. The Labute approximate surface area is 123 Å². The van der Waals surface area contributed by atoms with Crippen molar-refractivity contribution < 1.29 is 4.74 Å². The molecule has 4 N–H and O–H groups in total. The van der Waals surface area contributed by atoms with E-state index in [0.717, 1.165) is 5.69 Å². The van der Waals surface area contributed by atoms with E-state index in [4.69, 9.17) is 22.2 Å². The van der Waals surface area contributed by atoms with E-state index in [2.05, 4.69) is 36.6 Å². The molecule has 2 aromatic rings. The number of aromatic nitrogens is 2. The number of rotatable bonds is 4. The minimum absolute atomic E-state index is 0.312. The lowest BCUT2D eigenvalue weighted by molar-refractivity contribution is 0.415. The molecule has 0 spiro atoms. The number of hydrazine groups is 1. The lowest BCUT2D eigenvalue weighted by Crippen LogP contribution is -2.11. The molecular weight excluding hydrogens is 334 g/mol. The van der Waals surface area contributed by atoms with Crippen LogP contribution in [-0.4, -0.2) is 17.1 Å². The van der Waals surface area contributed by atoms with Crippen molar-refractivity contribution in [2.45, 2.75) is 0 Å². The maximum Gasteiger partial charge on any atom is 0.239 e. The van der Waals surface area contributed by atoms with E-state index < -0.39 is 0 Å². The van der Waals surface area contributed by atoms with Crippen LogP contribution in [0.25, 0.3) is 0 Å². The molecule has 2 rings (SSSR count). The molecule has 8 heteroatoms. The van der Waals surface area contributed by atoms with Crippen molar-refractivity contribution in [1.82, 2.24) is 9.97 Å². The van der Waals surface area contributed by atoms with Crippen LogP contribution in [0.2, 0.25) is 5.02 Å². The number of benzene rings is 1. The van der Waals surface area contributed by atoms with Crippen LogP contribution in [0.3, 0.4) is 0 Å². The number of ether oxygens (including phenoxy) is 1. The molecule has 19 heavy (non-hydrogen) atoms. The number of hydrogen-bond acceptors (Lipinski definition) is 6. The third-order valence-corrected chi connectivity index (χ3v) is 3.18. The molecule has 0 aliphatic carbocycles. The van der Waals surface area contributed by atoms with Gasteiger partial charge in [-0.15, -0.1) is 0 Å². The van der Waals surface area contributed by atoms with E-state index in [-0.39, 0.29) is 0 Å². The largest absolute Gasteiger partial charge is 0.495 e. The van der Waals surface area contributed by atoms with E-state index in [9.17, 15) is 0 Å². The highest BCUT2D eigenvalue weighted by Crippen LogP contribution is 2.30. The average Bonchev–Trinajstić information content (AvgIpc) is 2.43. The Bertz CT molecular complexity index is 595. The topological polar surface area (TPSA) is 85.1 Å². The van der Waals surface area contributed by atoms with Gasteiger partial charge in [0.15, 0.2) is 0 Å². The summed E-state index contributed by atoms with van der Waals surface area (Å²) in [5.41, 5.74) is 3.16. The first-order chi connectivity index (χ1) is 9.13. The van der Waals surface area contributed by atoms with Crippen LogP contribution in [0.15, 0.2) is 28.9 Å². The molecule has 0 saturated heterocycles. The number of nitrogen functional groups attached to an aromatic ring is 1. The van der Waals surface area contributed by atoms with Gasteiger partial charge in [-0.25, -0.2) is 10.8 Å². The van der Waals surface area contributed by atoms with Crippen molar-refractivity contribution in [3.8, 4) is 5.75 Å². The Balaban J connectivity index is 2.30. The zero-order valence-electron chi connectivity index (χ0n) is 9.95. The van der Waals surface area contributed by atoms with Gasteiger partial charge in [0.05, 0.1) is 16.6 Å². The molecule has 0 atom stereocenters. The molecule has 0 saturated carbocycles.